The van der Waals surface area contributed by atoms with Gasteiger partial charge in [-0.2, -0.15) is 0 Å². The van der Waals surface area contributed by atoms with Gasteiger partial charge in [0.05, 0.1) is 18.2 Å². The molecule has 3 N–H and O–H groups in total. The van der Waals surface area contributed by atoms with Crippen LogP contribution in [0.2, 0.25) is 0 Å². The Labute approximate surface area is 97.1 Å². The van der Waals surface area contributed by atoms with Crippen LogP contribution in [0.4, 0.5) is 5.69 Å². The van der Waals surface area contributed by atoms with Crippen LogP contribution in [-0.2, 0) is 7.05 Å². The number of hydrogen-bond donors (Lipinski definition) is 3. The summed E-state index contributed by atoms with van der Waals surface area (Å²) in [4.78, 5) is 11.3. The molecule has 6 nitrogen and oxygen atoms in total. The Morgan fingerprint density at radius 3 is 3.00 bits per heavy atom. The fourth-order valence-corrected chi connectivity index (χ4v) is 1.54. The third-order valence-corrected chi connectivity index (χ3v) is 2.54. The van der Waals surface area contributed by atoms with E-state index < -0.39 is 11.9 Å². The van der Waals surface area contributed by atoms with E-state index in [0.29, 0.717) is 11.1 Å². The molecule has 0 aliphatic heterocycles. The van der Waals surface area contributed by atoms with Crippen LogP contribution in [0, 0.1) is 0 Å². The third kappa shape index (κ3) is 2.32. The van der Waals surface area contributed by atoms with E-state index in [0.717, 1.165) is 5.69 Å². The highest BCUT2D eigenvalue weighted by molar-refractivity contribution is 5.77. The van der Waals surface area contributed by atoms with Gasteiger partial charge in [-0.15, -0.1) is 0 Å². The Morgan fingerprint density at radius 1 is 1.53 bits per heavy atom. The van der Waals surface area contributed by atoms with E-state index in [9.17, 15) is 9.90 Å². The zero-order chi connectivity index (χ0) is 12.4. The summed E-state index contributed by atoms with van der Waals surface area (Å²) in [6.07, 6.45) is -0.812. The van der Waals surface area contributed by atoms with E-state index in [1.807, 2.05) is 0 Å². The van der Waals surface area contributed by atoms with E-state index >= 15 is 0 Å². The average Bonchev–Trinajstić information content (AvgIpc) is 2.62. The first-order chi connectivity index (χ1) is 8.11. The number of hydrogen-bond acceptors (Lipinski definition) is 5. The Morgan fingerprint density at radius 2 is 2.29 bits per heavy atom. The van der Waals surface area contributed by atoms with Gasteiger partial charge in [-0.25, -0.2) is 4.79 Å². The van der Waals surface area contributed by atoms with Crippen molar-refractivity contribution in [1.29, 1.82) is 0 Å². The molecule has 2 rings (SSSR count). The van der Waals surface area contributed by atoms with Crippen molar-refractivity contribution in [1.82, 2.24) is 4.57 Å². The zero-order valence-corrected chi connectivity index (χ0v) is 9.38. The Balaban J connectivity index is 2.23. The standard InChI is InChI=1S/C11H14N2O4/c1-13-9-3-2-7(12-5-8(15)6-14)4-10(9)17-11(13)16/h2-4,8,12,14-15H,5-6H2,1H3. The number of fused-ring (bicyclic) bond motifs is 1. The second kappa shape index (κ2) is 4.60. The van der Waals surface area contributed by atoms with Crippen molar-refractivity contribution in [2.45, 2.75) is 6.10 Å². The molecular weight excluding hydrogens is 224 g/mol. The minimum Gasteiger partial charge on any atom is -0.408 e. The Kier molecular flexibility index (Phi) is 3.16. The molecule has 0 bridgehead atoms. The first-order valence-electron chi connectivity index (χ1n) is 5.24. The van der Waals surface area contributed by atoms with Crippen molar-refractivity contribution in [2.75, 3.05) is 18.5 Å². The molecule has 0 spiro atoms. The minimum absolute atomic E-state index is 0.235. The zero-order valence-electron chi connectivity index (χ0n) is 9.38. The fraction of sp³-hybridized carbons (Fsp3) is 0.364. The minimum atomic E-state index is -0.812. The predicted molar refractivity (Wildman–Crippen MR) is 63.0 cm³/mol. The molecule has 0 saturated heterocycles. The van der Waals surface area contributed by atoms with Crippen molar-refractivity contribution in [3.63, 3.8) is 0 Å². The second-order valence-corrected chi connectivity index (χ2v) is 3.83. The quantitative estimate of drug-likeness (QED) is 0.692. The van der Waals surface area contributed by atoms with Gasteiger partial charge in [-0.05, 0) is 12.1 Å². The highest BCUT2D eigenvalue weighted by Crippen LogP contribution is 2.17. The van der Waals surface area contributed by atoms with E-state index in [1.54, 1.807) is 25.2 Å². The van der Waals surface area contributed by atoms with E-state index in [4.69, 9.17) is 9.52 Å². The molecule has 92 valence electrons. The Hall–Kier alpha value is -1.79. The smallest absolute Gasteiger partial charge is 0.408 e. The molecule has 1 heterocycles. The molecule has 2 aromatic rings. The van der Waals surface area contributed by atoms with Crippen LogP contribution in [0.1, 0.15) is 0 Å². The van der Waals surface area contributed by atoms with Gasteiger partial charge in [0.2, 0.25) is 0 Å². The van der Waals surface area contributed by atoms with Gasteiger partial charge in [0, 0.05) is 25.3 Å². The number of nitrogens with one attached hydrogen (secondary N) is 1. The van der Waals surface area contributed by atoms with Crippen LogP contribution in [-0.4, -0.2) is 34.0 Å². The maximum absolute atomic E-state index is 11.3. The summed E-state index contributed by atoms with van der Waals surface area (Å²) >= 11 is 0. The summed E-state index contributed by atoms with van der Waals surface area (Å²) < 4.78 is 6.45. The van der Waals surface area contributed by atoms with Crippen molar-refractivity contribution >= 4 is 16.8 Å². The number of aliphatic hydroxyl groups is 2. The summed E-state index contributed by atoms with van der Waals surface area (Å²) in [6, 6.07) is 5.22. The predicted octanol–water partition coefficient (Wildman–Crippen LogP) is -0.103. The van der Waals surface area contributed by atoms with Crippen LogP contribution in [0.25, 0.3) is 11.1 Å². The molecule has 1 unspecified atom stereocenters. The van der Waals surface area contributed by atoms with E-state index in [-0.39, 0.29) is 13.2 Å². The molecule has 1 aromatic heterocycles. The third-order valence-electron chi connectivity index (χ3n) is 2.54. The largest absolute Gasteiger partial charge is 0.419 e. The number of anilines is 1. The van der Waals surface area contributed by atoms with Gasteiger partial charge in [-0.1, -0.05) is 0 Å². The van der Waals surface area contributed by atoms with Gasteiger partial charge in [0.1, 0.15) is 0 Å². The summed E-state index contributed by atoms with van der Waals surface area (Å²) in [6.45, 7) is -0.0608. The van der Waals surface area contributed by atoms with Crippen LogP contribution >= 0.6 is 0 Å². The fourth-order valence-electron chi connectivity index (χ4n) is 1.54. The monoisotopic (exact) mass is 238 g/mol. The maximum atomic E-state index is 11.3. The lowest BCUT2D eigenvalue weighted by atomic mass is 10.2. The lowest BCUT2D eigenvalue weighted by Crippen LogP contribution is -2.22. The molecule has 0 amide bonds. The number of aromatic nitrogens is 1. The Bertz CT molecular complexity index is 572. The van der Waals surface area contributed by atoms with Crippen LogP contribution in [0.3, 0.4) is 0 Å². The van der Waals surface area contributed by atoms with Crippen LogP contribution < -0.4 is 11.1 Å². The highest BCUT2D eigenvalue weighted by atomic mass is 16.4. The van der Waals surface area contributed by atoms with Crippen LogP contribution in [0.15, 0.2) is 27.4 Å². The SMILES string of the molecule is Cn1c(=O)oc2cc(NCC(O)CO)ccc21. The van der Waals surface area contributed by atoms with Crippen molar-refractivity contribution in [3.05, 3.63) is 28.7 Å². The van der Waals surface area contributed by atoms with E-state index in [1.165, 1.54) is 4.57 Å². The molecule has 1 atom stereocenters. The highest BCUT2D eigenvalue weighted by Gasteiger charge is 2.07. The summed E-state index contributed by atoms with van der Waals surface area (Å²) in [5.41, 5.74) is 1.92. The van der Waals surface area contributed by atoms with Crippen molar-refractivity contribution < 1.29 is 14.6 Å². The lowest BCUT2D eigenvalue weighted by Gasteiger charge is -2.09. The van der Waals surface area contributed by atoms with Crippen LogP contribution in [0.5, 0.6) is 0 Å². The molecule has 0 saturated carbocycles. The van der Waals surface area contributed by atoms with Gasteiger partial charge in [0.25, 0.3) is 0 Å². The average molecular weight is 238 g/mol. The first-order valence-corrected chi connectivity index (χ1v) is 5.24. The molecule has 0 fully saturated rings. The van der Waals surface area contributed by atoms with Gasteiger partial charge in [0.15, 0.2) is 5.58 Å². The summed E-state index contributed by atoms with van der Waals surface area (Å²) in [5, 5.41) is 20.8. The number of oxazole rings is 1. The summed E-state index contributed by atoms with van der Waals surface area (Å²) in [5.74, 6) is -0.410. The first kappa shape index (κ1) is 11.7. The topological polar surface area (TPSA) is 87.6 Å². The number of benzene rings is 1. The van der Waals surface area contributed by atoms with Crippen molar-refractivity contribution in [2.24, 2.45) is 7.05 Å². The summed E-state index contributed by atoms with van der Waals surface area (Å²) in [7, 11) is 1.64. The van der Waals surface area contributed by atoms with Gasteiger partial charge < -0.3 is 19.9 Å². The molecule has 6 heteroatoms. The van der Waals surface area contributed by atoms with E-state index in [2.05, 4.69) is 5.32 Å². The molecular formula is C11H14N2O4. The lowest BCUT2D eigenvalue weighted by molar-refractivity contribution is 0.105. The normalized spacial score (nSPS) is 12.9. The van der Waals surface area contributed by atoms with Crippen molar-refractivity contribution in [3.8, 4) is 0 Å². The van der Waals surface area contributed by atoms with Gasteiger partial charge in [-0.3, -0.25) is 4.57 Å². The molecule has 0 radical (unpaired) electrons. The molecule has 0 aliphatic rings. The molecule has 1 aromatic carbocycles. The number of nitrogens with zero attached hydrogens (tertiary/aromatic N) is 1. The number of rotatable bonds is 4. The second-order valence-electron chi connectivity index (χ2n) is 3.83. The number of aliphatic hydroxyl groups excluding tert-OH is 2. The van der Waals surface area contributed by atoms with Gasteiger partial charge >= 0.3 is 5.76 Å². The molecule has 0 aliphatic carbocycles. The maximum Gasteiger partial charge on any atom is 0.419 e. The number of aryl methyl sites for hydroxylation is 1. The molecule has 17 heavy (non-hydrogen) atoms.